The first kappa shape index (κ1) is 23.6. The zero-order valence-electron chi connectivity index (χ0n) is 18.7. The monoisotopic (exact) mass is 497 g/mol. The highest BCUT2D eigenvalue weighted by Crippen LogP contribution is 2.43. The van der Waals surface area contributed by atoms with E-state index in [1.54, 1.807) is 18.2 Å². The Hall–Kier alpha value is -4.14. The molecule has 184 valence electrons. The molecule has 36 heavy (non-hydrogen) atoms. The summed E-state index contributed by atoms with van der Waals surface area (Å²) in [6.07, 6.45) is -3.22. The third-order valence-corrected chi connectivity index (χ3v) is 6.26. The smallest absolute Gasteiger partial charge is 0.416 e. The number of carbonyl (C=O) groups excluding carboxylic acids is 2. The second kappa shape index (κ2) is 8.82. The van der Waals surface area contributed by atoms with Crippen molar-refractivity contribution in [1.82, 2.24) is 0 Å². The molecule has 0 radical (unpaired) electrons. The van der Waals surface area contributed by atoms with Crippen LogP contribution in [0.5, 0.6) is 5.75 Å². The fourth-order valence-corrected chi connectivity index (χ4v) is 4.55. The molecule has 0 spiro atoms. The molecule has 5 rings (SSSR count). The van der Waals surface area contributed by atoms with Gasteiger partial charge in [-0.2, -0.15) is 13.2 Å². The van der Waals surface area contributed by atoms with Crippen molar-refractivity contribution in [2.45, 2.75) is 25.1 Å². The Kier molecular flexibility index (Phi) is 5.78. The first-order valence-corrected chi connectivity index (χ1v) is 11.1. The molecule has 0 aliphatic carbocycles. The molecule has 0 saturated carbocycles. The number of aliphatic hydroxyl groups excluding tert-OH is 1. The van der Waals surface area contributed by atoms with Gasteiger partial charge in [0.05, 0.1) is 23.8 Å². The molecule has 3 aromatic rings. The number of carbonyl (C=O) groups is 2. The van der Waals surface area contributed by atoms with Crippen molar-refractivity contribution in [3.8, 4) is 5.75 Å². The summed E-state index contributed by atoms with van der Waals surface area (Å²) < 4.78 is 59.4. The summed E-state index contributed by atoms with van der Waals surface area (Å²) in [5, 5.41) is 11.2. The van der Waals surface area contributed by atoms with Crippen LogP contribution in [0.2, 0.25) is 0 Å². The van der Waals surface area contributed by atoms with Crippen molar-refractivity contribution in [2.24, 2.45) is 0 Å². The molecule has 1 saturated heterocycles. The SMILES string of the molecule is O=C1C(=O)N(c2cccc(C(F)(F)F)c2)C(c2ccc(F)cc2)/C1=C(/O)c1ccc2c(c1)CCCO2. The molecule has 0 bridgehead atoms. The quantitative estimate of drug-likeness (QED) is 0.215. The number of ether oxygens (including phenoxy) is 1. The van der Waals surface area contributed by atoms with E-state index in [0.29, 0.717) is 18.8 Å². The summed E-state index contributed by atoms with van der Waals surface area (Å²) >= 11 is 0. The number of aliphatic hydroxyl groups is 1. The molecule has 1 atom stereocenters. The molecule has 2 aliphatic rings. The van der Waals surface area contributed by atoms with Crippen molar-refractivity contribution >= 4 is 23.1 Å². The van der Waals surface area contributed by atoms with Gasteiger partial charge in [0.1, 0.15) is 17.3 Å². The third-order valence-electron chi connectivity index (χ3n) is 6.26. The Morgan fingerprint density at radius 1 is 1.00 bits per heavy atom. The van der Waals surface area contributed by atoms with E-state index in [0.717, 1.165) is 47.2 Å². The molecule has 1 N–H and O–H groups in total. The lowest BCUT2D eigenvalue weighted by Crippen LogP contribution is -2.29. The number of rotatable bonds is 3. The molecule has 1 fully saturated rings. The van der Waals surface area contributed by atoms with Crippen LogP contribution >= 0.6 is 0 Å². The number of hydrogen-bond acceptors (Lipinski definition) is 4. The van der Waals surface area contributed by atoms with Crippen LogP contribution < -0.4 is 9.64 Å². The standard InChI is InChI=1S/C27H19F4NO4/c28-19-9-6-15(7-10-19)23-22(24(33)17-8-11-21-16(13-17)3-2-12-36-21)25(34)26(35)32(23)20-5-1-4-18(14-20)27(29,30)31/h1,4-11,13-14,23,33H,2-3,12H2/b24-22-. The molecular weight excluding hydrogens is 478 g/mol. The van der Waals surface area contributed by atoms with Gasteiger partial charge < -0.3 is 9.84 Å². The van der Waals surface area contributed by atoms with Crippen molar-refractivity contribution in [2.75, 3.05) is 11.5 Å². The summed E-state index contributed by atoms with van der Waals surface area (Å²) in [4.78, 5) is 27.2. The summed E-state index contributed by atoms with van der Waals surface area (Å²) in [5.41, 5.74) is -0.172. The van der Waals surface area contributed by atoms with Gasteiger partial charge in [-0.15, -0.1) is 0 Å². The number of Topliss-reactive ketones (excluding diaryl/α,β-unsaturated/α-hetero) is 1. The topological polar surface area (TPSA) is 66.8 Å². The number of ketones is 1. The number of anilines is 1. The van der Waals surface area contributed by atoms with Crippen LogP contribution in [0.25, 0.3) is 5.76 Å². The summed E-state index contributed by atoms with van der Waals surface area (Å²) in [5.74, 6) is -2.58. The van der Waals surface area contributed by atoms with Crippen LogP contribution in [0.3, 0.4) is 0 Å². The van der Waals surface area contributed by atoms with E-state index in [4.69, 9.17) is 4.74 Å². The third kappa shape index (κ3) is 4.10. The number of benzene rings is 3. The van der Waals surface area contributed by atoms with Gasteiger partial charge in [0, 0.05) is 11.3 Å². The van der Waals surface area contributed by atoms with E-state index in [-0.39, 0.29) is 22.4 Å². The minimum absolute atomic E-state index is 0.181. The summed E-state index contributed by atoms with van der Waals surface area (Å²) in [6.45, 7) is 0.561. The second-order valence-electron chi connectivity index (χ2n) is 8.54. The van der Waals surface area contributed by atoms with E-state index in [9.17, 15) is 32.3 Å². The minimum atomic E-state index is -4.68. The molecule has 0 aromatic heterocycles. The minimum Gasteiger partial charge on any atom is -0.507 e. The Morgan fingerprint density at radius 3 is 2.47 bits per heavy atom. The van der Waals surface area contributed by atoms with Crippen molar-refractivity contribution in [3.05, 3.63) is 100 Å². The fourth-order valence-electron chi connectivity index (χ4n) is 4.55. The van der Waals surface area contributed by atoms with E-state index in [1.165, 1.54) is 18.2 Å². The molecule has 9 heteroatoms. The molecule has 2 aliphatic heterocycles. The number of fused-ring (bicyclic) bond motifs is 1. The maximum atomic E-state index is 13.7. The second-order valence-corrected chi connectivity index (χ2v) is 8.54. The van der Waals surface area contributed by atoms with Gasteiger partial charge in [-0.25, -0.2) is 4.39 Å². The van der Waals surface area contributed by atoms with Gasteiger partial charge in [0.2, 0.25) is 0 Å². The van der Waals surface area contributed by atoms with Gasteiger partial charge in [0.25, 0.3) is 11.7 Å². The van der Waals surface area contributed by atoms with Gasteiger partial charge in [-0.1, -0.05) is 18.2 Å². The first-order valence-electron chi connectivity index (χ1n) is 11.1. The average molecular weight is 497 g/mol. The van der Waals surface area contributed by atoms with Crippen molar-refractivity contribution < 1.29 is 37.0 Å². The zero-order chi connectivity index (χ0) is 25.6. The number of aryl methyl sites for hydroxylation is 1. The zero-order valence-corrected chi connectivity index (χ0v) is 18.7. The van der Waals surface area contributed by atoms with Gasteiger partial charge >= 0.3 is 6.18 Å². The first-order chi connectivity index (χ1) is 17.1. The maximum Gasteiger partial charge on any atom is 0.416 e. The highest BCUT2D eigenvalue weighted by molar-refractivity contribution is 6.51. The highest BCUT2D eigenvalue weighted by atomic mass is 19.4. The Bertz CT molecular complexity index is 1400. The lowest BCUT2D eigenvalue weighted by atomic mass is 9.94. The van der Waals surface area contributed by atoms with Crippen LogP contribution in [-0.2, 0) is 22.2 Å². The van der Waals surface area contributed by atoms with Gasteiger partial charge in [0.15, 0.2) is 0 Å². The molecule has 3 aromatic carbocycles. The van der Waals surface area contributed by atoms with Crippen molar-refractivity contribution in [1.29, 1.82) is 0 Å². The largest absolute Gasteiger partial charge is 0.507 e. The molecule has 1 unspecified atom stereocenters. The normalized spacial score (nSPS) is 19.2. The lowest BCUT2D eigenvalue weighted by molar-refractivity contribution is -0.137. The summed E-state index contributed by atoms with van der Waals surface area (Å²) in [7, 11) is 0. The molecule has 5 nitrogen and oxygen atoms in total. The van der Waals surface area contributed by atoms with Crippen LogP contribution in [0, 0.1) is 5.82 Å². The predicted octanol–water partition coefficient (Wildman–Crippen LogP) is 5.80. The fraction of sp³-hybridized carbons (Fsp3) is 0.185. The number of halogens is 4. The Morgan fingerprint density at radius 2 is 1.75 bits per heavy atom. The molecule has 2 heterocycles. The van der Waals surface area contributed by atoms with Gasteiger partial charge in [-0.05, 0) is 72.5 Å². The Labute approximate surface area is 203 Å². The van der Waals surface area contributed by atoms with Crippen LogP contribution in [0.4, 0.5) is 23.2 Å². The number of nitrogens with zero attached hydrogens (tertiary/aromatic N) is 1. The van der Waals surface area contributed by atoms with Crippen LogP contribution in [0.1, 0.15) is 34.7 Å². The molecule has 1 amide bonds. The number of amides is 1. The van der Waals surface area contributed by atoms with Gasteiger partial charge in [-0.3, -0.25) is 14.5 Å². The van der Waals surface area contributed by atoms with E-state index < -0.39 is 41.0 Å². The molecular formula is C27H19F4NO4. The van der Waals surface area contributed by atoms with E-state index >= 15 is 0 Å². The van der Waals surface area contributed by atoms with E-state index in [2.05, 4.69) is 0 Å². The van der Waals surface area contributed by atoms with E-state index in [1.807, 2.05) is 0 Å². The number of alkyl halides is 3. The lowest BCUT2D eigenvalue weighted by Gasteiger charge is -2.26. The average Bonchev–Trinajstić information content (AvgIpc) is 3.13. The van der Waals surface area contributed by atoms with Crippen molar-refractivity contribution in [3.63, 3.8) is 0 Å². The highest BCUT2D eigenvalue weighted by Gasteiger charge is 2.47. The van der Waals surface area contributed by atoms with Crippen LogP contribution in [-0.4, -0.2) is 23.4 Å². The predicted molar refractivity (Wildman–Crippen MR) is 123 cm³/mol. The van der Waals surface area contributed by atoms with Crippen LogP contribution in [0.15, 0.2) is 72.3 Å². The number of hydrogen-bond donors (Lipinski definition) is 1. The summed E-state index contributed by atoms with van der Waals surface area (Å²) in [6, 6.07) is 12.4. The maximum absolute atomic E-state index is 13.7. The Balaban J connectivity index is 1.69.